The zero-order valence-electron chi connectivity index (χ0n) is 9.44. The second-order valence-electron chi connectivity index (χ2n) is 5.51. The molecule has 0 aromatic carbocycles. The van der Waals surface area contributed by atoms with Crippen molar-refractivity contribution in [2.24, 2.45) is 11.3 Å². The molecule has 1 heterocycles. The fourth-order valence-electron chi connectivity index (χ4n) is 1.96. The molecule has 0 N–H and O–H groups in total. The molecule has 0 aliphatic carbocycles. The molecule has 78 valence electrons. The van der Waals surface area contributed by atoms with Gasteiger partial charge in [-0.1, -0.05) is 33.6 Å². The topological polar surface area (TPSA) is 9.23 Å². The molecule has 0 bridgehead atoms. The highest BCUT2D eigenvalue weighted by atomic mass is 16.5. The Kier molecular flexibility index (Phi) is 4.24. The van der Waals surface area contributed by atoms with E-state index in [9.17, 15) is 0 Å². The molecule has 1 heteroatoms. The molecule has 1 aliphatic heterocycles. The molecule has 1 aliphatic rings. The molecule has 1 fully saturated rings. The molecule has 0 spiro atoms. The minimum atomic E-state index is 0.519. The summed E-state index contributed by atoms with van der Waals surface area (Å²) in [6, 6.07) is 0. The molecule has 0 aromatic heterocycles. The second-order valence-corrected chi connectivity index (χ2v) is 5.51. The van der Waals surface area contributed by atoms with Crippen LogP contribution < -0.4 is 0 Å². The Morgan fingerprint density at radius 2 is 1.77 bits per heavy atom. The van der Waals surface area contributed by atoms with Gasteiger partial charge in [0.25, 0.3) is 0 Å². The zero-order chi connectivity index (χ0) is 9.73. The Bertz CT molecular complexity index is 129. The average Bonchev–Trinajstić information content (AvgIpc) is 2.04. The molecule has 0 radical (unpaired) electrons. The lowest BCUT2D eigenvalue weighted by molar-refractivity contribution is 0.0623. The third-order valence-electron chi connectivity index (χ3n) is 2.88. The summed E-state index contributed by atoms with van der Waals surface area (Å²) in [5.41, 5.74) is 0.519. The van der Waals surface area contributed by atoms with Crippen molar-refractivity contribution >= 4 is 0 Å². The van der Waals surface area contributed by atoms with Crippen LogP contribution in [-0.2, 0) is 4.74 Å². The summed E-state index contributed by atoms with van der Waals surface area (Å²) in [4.78, 5) is 0. The van der Waals surface area contributed by atoms with E-state index < -0.39 is 0 Å². The van der Waals surface area contributed by atoms with Gasteiger partial charge in [-0.15, -0.1) is 0 Å². The van der Waals surface area contributed by atoms with Gasteiger partial charge in [-0.2, -0.15) is 0 Å². The molecule has 0 saturated carbocycles. The molecule has 1 rings (SSSR count). The third kappa shape index (κ3) is 5.30. The fourth-order valence-corrected chi connectivity index (χ4v) is 1.96. The van der Waals surface area contributed by atoms with Gasteiger partial charge in [-0.3, -0.25) is 0 Å². The Labute approximate surface area is 82.9 Å². The fraction of sp³-hybridized carbons (Fsp3) is 1.00. The molecule has 0 aromatic rings. The van der Waals surface area contributed by atoms with Gasteiger partial charge in [-0.05, 0) is 30.6 Å². The van der Waals surface area contributed by atoms with Crippen LogP contribution >= 0.6 is 0 Å². The summed E-state index contributed by atoms with van der Waals surface area (Å²) in [6.07, 6.45) is 6.77. The standard InChI is InChI=1S/C12H24O/c1-12(2,3)8-4-5-11-6-9-13-10-7-11/h11H,4-10H2,1-3H3. The van der Waals surface area contributed by atoms with Crippen molar-refractivity contribution in [3.05, 3.63) is 0 Å². The summed E-state index contributed by atoms with van der Waals surface area (Å²) in [7, 11) is 0. The molecule has 0 unspecified atom stereocenters. The molecule has 1 nitrogen and oxygen atoms in total. The maximum atomic E-state index is 5.35. The van der Waals surface area contributed by atoms with Gasteiger partial charge >= 0.3 is 0 Å². The van der Waals surface area contributed by atoms with Crippen LogP contribution in [0.4, 0.5) is 0 Å². The van der Waals surface area contributed by atoms with Crippen molar-refractivity contribution in [2.75, 3.05) is 13.2 Å². The first kappa shape index (κ1) is 11.0. The first-order chi connectivity index (χ1) is 6.08. The Morgan fingerprint density at radius 3 is 2.31 bits per heavy atom. The van der Waals surface area contributed by atoms with Gasteiger partial charge in [0.05, 0.1) is 0 Å². The monoisotopic (exact) mass is 184 g/mol. The van der Waals surface area contributed by atoms with Crippen LogP contribution in [0.3, 0.4) is 0 Å². The van der Waals surface area contributed by atoms with E-state index in [1.807, 2.05) is 0 Å². The van der Waals surface area contributed by atoms with Crippen molar-refractivity contribution in [2.45, 2.75) is 52.9 Å². The van der Waals surface area contributed by atoms with Crippen LogP contribution in [0.5, 0.6) is 0 Å². The van der Waals surface area contributed by atoms with E-state index in [0.29, 0.717) is 5.41 Å². The maximum absolute atomic E-state index is 5.35. The van der Waals surface area contributed by atoms with E-state index in [1.54, 1.807) is 0 Å². The third-order valence-corrected chi connectivity index (χ3v) is 2.88. The minimum absolute atomic E-state index is 0.519. The molecular weight excluding hydrogens is 160 g/mol. The van der Waals surface area contributed by atoms with Crippen LogP contribution in [-0.4, -0.2) is 13.2 Å². The van der Waals surface area contributed by atoms with Gasteiger partial charge < -0.3 is 4.74 Å². The molecular formula is C12H24O. The van der Waals surface area contributed by atoms with Crippen LogP contribution in [0.1, 0.15) is 52.9 Å². The number of hydrogen-bond acceptors (Lipinski definition) is 1. The summed E-state index contributed by atoms with van der Waals surface area (Å²) in [5, 5.41) is 0. The minimum Gasteiger partial charge on any atom is -0.381 e. The SMILES string of the molecule is CC(C)(C)CCCC1CCOCC1. The highest BCUT2D eigenvalue weighted by molar-refractivity contribution is 4.66. The lowest BCUT2D eigenvalue weighted by atomic mass is 9.86. The quantitative estimate of drug-likeness (QED) is 0.651. The Morgan fingerprint density at radius 1 is 1.15 bits per heavy atom. The van der Waals surface area contributed by atoms with Crippen molar-refractivity contribution < 1.29 is 4.74 Å². The molecule has 13 heavy (non-hydrogen) atoms. The van der Waals surface area contributed by atoms with Crippen molar-refractivity contribution in [3.8, 4) is 0 Å². The van der Waals surface area contributed by atoms with E-state index in [1.165, 1.54) is 32.1 Å². The van der Waals surface area contributed by atoms with Gasteiger partial charge in [0, 0.05) is 13.2 Å². The van der Waals surface area contributed by atoms with E-state index >= 15 is 0 Å². The Balaban J connectivity index is 2.04. The molecule has 0 amide bonds. The van der Waals surface area contributed by atoms with Gasteiger partial charge in [0.2, 0.25) is 0 Å². The highest BCUT2D eigenvalue weighted by Gasteiger charge is 2.15. The van der Waals surface area contributed by atoms with Crippen LogP contribution in [0.2, 0.25) is 0 Å². The smallest absolute Gasteiger partial charge is 0.0468 e. The predicted molar refractivity (Wildman–Crippen MR) is 56.8 cm³/mol. The lowest BCUT2D eigenvalue weighted by Gasteiger charge is -2.24. The van der Waals surface area contributed by atoms with Crippen molar-refractivity contribution in [3.63, 3.8) is 0 Å². The number of ether oxygens (including phenoxy) is 1. The van der Waals surface area contributed by atoms with E-state index in [4.69, 9.17) is 4.74 Å². The normalized spacial score (nSPS) is 20.5. The van der Waals surface area contributed by atoms with Gasteiger partial charge in [0.1, 0.15) is 0 Å². The van der Waals surface area contributed by atoms with Crippen molar-refractivity contribution in [1.29, 1.82) is 0 Å². The second kappa shape index (κ2) is 4.99. The van der Waals surface area contributed by atoms with E-state index in [0.717, 1.165) is 19.1 Å². The molecule has 1 saturated heterocycles. The maximum Gasteiger partial charge on any atom is 0.0468 e. The van der Waals surface area contributed by atoms with Crippen LogP contribution in [0.25, 0.3) is 0 Å². The summed E-state index contributed by atoms with van der Waals surface area (Å²) < 4.78 is 5.35. The first-order valence-corrected chi connectivity index (χ1v) is 5.66. The van der Waals surface area contributed by atoms with E-state index in [2.05, 4.69) is 20.8 Å². The molecule has 0 atom stereocenters. The van der Waals surface area contributed by atoms with Crippen LogP contribution in [0.15, 0.2) is 0 Å². The van der Waals surface area contributed by atoms with Crippen molar-refractivity contribution in [1.82, 2.24) is 0 Å². The largest absolute Gasteiger partial charge is 0.381 e. The lowest BCUT2D eigenvalue weighted by Crippen LogP contribution is -2.16. The zero-order valence-corrected chi connectivity index (χ0v) is 9.44. The van der Waals surface area contributed by atoms with E-state index in [-0.39, 0.29) is 0 Å². The average molecular weight is 184 g/mol. The number of hydrogen-bond donors (Lipinski definition) is 0. The number of rotatable bonds is 3. The van der Waals surface area contributed by atoms with Gasteiger partial charge in [-0.25, -0.2) is 0 Å². The summed E-state index contributed by atoms with van der Waals surface area (Å²) in [5.74, 6) is 0.955. The summed E-state index contributed by atoms with van der Waals surface area (Å²) >= 11 is 0. The first-order valence-electron chi connectivity index (χ1n) is 5.66. The summed E-state index contributed by atoms with van der Waals surface area (Å²) in [6.45, 7) is 8.99. The van der Waals surface area contributed by atoms with Gasteiger partial charge in [0.15, 0.2) is 0 Å². The highest BCUT2D eigenvalue weighted by Crippen LogP contribution is 2.26. The predicted octanol–water partition coefficient (Wildman–Crippen LogP) is 3.63. The van der Waals surface area contributed by atoms with Crippen LogP contribution in [0, 0.1) is 11.3 Å². The Hall–Kier alpha value is -0.0400.